The van der Waals surface area contributed by atoms with Gasteiger partial charge in [0.2, 0.25) is 0 Å². The van der Waals surface area contributed by atoms with Gasteiger partial charge in [-0.3, -0.25) is 4.79 Å². The van der Waals surface area contributed by atoms with Gasteiger partial charge in [-0.25, -0.2) is 23.1 Å². The lowest BCUT2D eigenvalue weighted by Crippen LogP contribution is -2.21. The molecule has 0 unspecified atom stereocenters. The maximum absolute atomic E-state index is 13.1. The first-order valence-corrected chi connectivity index (χ1v) is 7.04. The second kappa shape index (κ2) is 6.59. The summed E-state index contributed by atoms with van der Waals surface area (Å²) in [5, 5.41) is 6.21. The molecule has 10 heteroatoms. The van der Waals surface area contributed by atoms with Crippen LogP contribution in [-0.4, -0.2) is 38.1 Å². The first-order valence-electron chi connectivity index (χ1n) is 7.04. The lowest BCUT2D eigenvalue weighted by atomic mass is 10.3. The highest BCUT2D eigenvalue weighted by Gasteiger charge is 2.17. The number of benzene rings is 1. The number of esters is 1. The fourth-order valence-corrected chi connectivity index (χ4v) is 1.96. The van der Waals surface area contributed by atoms with Gasteiger partial charge in [0, 0.05) is 23.6 Å². The number of hydrogen-bond donors (Lipinski definition) is 1. The van der Waals surface area contributed by atoms with Gasteiger partial charge in [0.25, 0.3) is 17.5 Å². The van der Waals surface area contributed by atoms with Crippen molar-refractivity contribution in [2.24, 2.45) is 0 Å². The number of carbonyl (C=O) groups is 2. The molecule has 2 heterocycles. The number of anilines is 1. The Kier molecular flexibility index (Phi) is 4.33. The maximum atomic E-state index is 13.1. The highest BCUT2D eigenvalue weighted by atomic mass is 19.2. The maximum Gasteiger partial charge on any atom is 0.378 e. The number of rotatable bonds is 4. The van der Waals surface area contributed by atoms with Gasteiger partial charge in [0.15, 0.2) is 18.2 Å². The molecule has 3 aromatic rings. The zero-order chi connectivity index (χ0) is 18.0. The number of halogens is 2. The van der Waals surface area contributed by atoms with Crippen LogP contribution < -0.4 is 5.32 Å². The Morgan fingerprint density at radius 3 is 2.76 bits per heavy atom. The summed E-state index contributed by atoms with van der Waals surface area (Å²) in [5.41, 5.74) is 0.748. The number of fused-ring (bicyclic) bond motifs is 1. The molecule has 3 rings (SSSR count). The minimum Gasteiger partial charge on any atom is -0.450 e. The third-order valence-corrected chi connectivity index (χ3v) is 3.15. The number of aromatic nitrogens is 4. The van der Waals surface area contributed by atoms with Gasteiger partial charge in [-0.1, -0.05) is 0 Å². The smallest absolute Gasteiger partial charge is 0.378 e. The Morgan fingerprint density at radius 1 is 1.24 bits per heavy atom. The molecule has 0 fully saturated rings. The van der Waals surface area contributed by atoms with Crippen molar-refractivity contribution in [1.82, 2.24) is 19.6 Å². The molecule has 0 aliphatic carbocycles. The van der Waals surface area contributed by atoms with E-state index in [9.17, 15) is 18.4 Å². The monoisotopic (exact) mass is 347 g/mol. The Bertz CT molecular complexity index is 973. The predicted octanol–water partition coefficient (Wildman–Crippen LogP) is 1.51. The average molecular weight is 347 g/mol. The van der Waals surface area contributed by atoms with Gasteiger partial charge in [-0.05, 0) is 25.1 Å². The fourth-order valence-electron chi connectivity index (χ4n) is 1.96. The summed E-state index contributed by atoms with van der Waals surface area (Å²) in [6, 6.07) is 4.54. The highest BCUT2D eigenvalue weighted by Crippen LogP contribution is 2.13. The molecular formula is C15H11F2N5O3. The van der Waals surface area contributed by atoms with Crippen molar-refractivity contribution in [2.45, 2.75) is 6.92 Å². The van der Waals surface area contributed by atoms with E-state index in [-0.39, 0.29) is 17.3 Å². The predicted molar refractivity (Wildman–Crippen MR) is 80.8 cm³/mol. The molecular weight excluding hydrogens is 336 g/mol. The molecule has 0 atom stereocenters. The first-order chi connectivity index (χ1) is 11.9. The van der Waals surface area contributed by atoms with Crippen LogP contribution in [0, 0.1) is 18.6 Å². The third kappa shape index (κ3) is 3.57. The molecule has 0 saturated heterocycles. The van der Waals surface area contributed by atoms with Crippen molar-refractivity contribution in [2.75, 3.05) is 11.9 Å². The van der Waals surface area contributed by atoms with Crippen LogP contribution in [0.2, 0.25) is 0 Å². The van der Waals surface area contributed by atoms with Crippen molar-refractivity contribution in [3.63, 3.8) is 0 Å². The molecule has 1 aromatic carbocycles. The summed E-state index contributed by atoms with van der Waals surface area (Å²) in [6.45, 7) is 1.12. The standard InChI is InChI=1S/C15H11F2N5O3/c1-8-4-5-18-15-20-13(21-22(8)15)14(24)25-7-12(23)19-9-2-3-10(16)11(17)6-9/h2-6H,7H2,1H3,(H,19,23). The molecule has 25 heavy (non-hydrogen) atoms. The van der Waals surface area contributed by atoms with E-state index in [0.29, 0.717) is 5.69 Å². The lowest BCUT2D eigenvalue weighted by molar-refractivity contribution is -0.119. The van der Waals surface area contributed by atoms with Crippen molar-refractivity contribution >= 4 is 23.3 Å². The molecule has 1 amide bonds. The Balaban J connectivity index is 1.61. The summed E-state index contributed by atoms with van der Waals surface area (Å²) < 4.78 is 32.0. The van der Waals surface area contributed by atoms with Crippen LogP contribution in [-0.2, 0) is 9.53 Å². The van der Waals surface area contributed by atoms with Crippen LogP contribution >= 0.6 is 0 Å². The van der Waals surface area contributed by atoms with Crippen LogP contribution in [0.5, 0.6) is 0 Å². The Morgan fingerprint density at radius 2 is 2.04 bits per heavy atom. The van der Waals surface area contributed by atoms with E-state index in [0.717, 1.165) is 12.1 Å². The number of hydrogen-bond acceptors (Lipinski definition) is 6. The lowest BCUT2D eigenvalue weighted by Gasteiger charge is -2.05. The quantitative estimate of drug-likeness (QED) is 0.718. The molecule has 0 aliphatic rings. The van der Waals surface area contributed by atoms with Gasteiger partial charge in [0.1, 0.15) is 0 Å². The van der Waals surface area contributed by atoms with Gasteiger partial charge < -0.3 is 10.1 Å². The molecule has 0 bridgehead atoms. The summed E-state index contributed by atoms with van der Waals surface area (Å²) in [6.07, 6.45) is 1.52. The molecule has 0 aliphatic heterocycles. The van der Waals surface area contributed by atoms with Crippen molar-refractivity contribution < 1.29 is 23.1 Å². The van der Waals surface area contributed by atoms with Crippen molar-refractivity contribution in [1.29, 1.82) is 0 Å². The summed E-state index contributed by atoms with van der Waals surface area (Å²) >= 11 is 0. The van der Waals surface area contributed by atoms with Crippen LogP contribution in [0.1, 0.15) is 16.3 Å². The first kappa shape index (κ1) is 16.4. The zero-order valence-electron chi connectivity index (χ0n) is 12.9. The number of carbonyl (C=O) groups excluding carboxylic acids is 2. The summed E-state index contributed by atoms with van der Waals surface area (Å²) in [4.78, 5) is 31.5. The van der Waals surface area contributed by atoms with Gasteiger partial charge >= 0.3 is 5.97 Å². The Hall–Kier alpha value is -3.43. The molecule has 2 aromatic heterocycles. The van der Waals surface area contributed by atoms with E-state index in [1.807, 2.05) is 0 Å². The SMILES string of the molecule is Cc1ccnc2nc(C(=O)OCC(=O)Nc3ccc(F)c(F)c3)nn12. The van der Waals surface area contributed by atoms with E-state index < -0.39 is 30.1 Å². The van der Waals surface area contributed by atoms with Crippen LogP contribution in [0.3, 0.4) is 0 Å². The molecule has 0 radical (unpaired) electrons. The van der Waals surface area contributed by atoms with Gasteiger partial charge in [-0.2, -0.15) is 4.98 Å². The molecule has 8 nitrogen and oxygen atoms in total. The van der Waals surface area contributed by atoms with E-state index >= 15 is 0 Å². The molecule has 0 spiro atoms. The highest BCUT2D eigenvalue weighted by molar-refractivity contribution is 5.94. The minimum absolute atomic E-state index is 0.0330. The van der Waals surface area contributed by atoms with Crippen LogP contribution in [0.4, 0.5) is 14.5 Å². The Labute approximate surface area is 139 Å². The van der Waals surface area contributed by atoms with Crippen molar-refractivity contribution in [3.8, 4) is 0 Å². The minimum atomic E-state index is -1.11. The second-order valence-electron chi connectivity index (χ2n) is 4.99. The molecule has 1 N–H and O–H groups in total. The second-order valence-corrected chi connectivity index (χ2v) is 4.99. The largest absolute Gasteiger partial charge is 0.450 e. The topological polar surface area (TPSA) is 98.5 Å². The van der Waals surface area contributed by atoms with Gasteiger partial charge in [0.05, 0.1) is 0 Å². The number of aryl methyl sites for hydroxylation is 1. The van der Waals surface area contributed by atoms with E-state index in [1.165, 1.54) is 16.8 Å². The number of nitrogens with zero attached hydrogens (tertiary/aromatic N) is 4. The van der Waals surface area contributed by atoms with E-state index in [1.54, 1.807) is 13.0 Å². The van der Waals surface area contributed by atoms with E-state index in [2.05, 4.69) is 20.4 Å². The normalized spacial score (nSPS) is 10.7. The summed E-state index contributed by atoms with van der Waals surface area (Å²) in [5.74, 6) is -3.80. The van der Waals surface area contributed by atoms with Crippen LogP contribution in [0.15, 0.2) is 30.5 Å². The molecule has 128 valence electrons. The van der Waals surface area contributed by atoms with Crippen LogP contribution in [0.25, 0.3) is 5.78 Å². The summed E-state index contributed by atoms with van der Waals surface area (Å²) in [7, 11) is 0. The average Bonchev–Trinajstić information content (AvgIpc) is 3.02. The fraction of sp³-hybridized carbons (Fsp3) is 0.133. The molecule has 0 saturated carbocycles. The van der Waals surface area contributed by atoms with E-state index in [4.69, 9.17) is 4.74 Å². The van der Waals surface area contributed by atoms with Gasteiger partial charge in [-0.15, -0.1) is 5.10 Å². The zero-order valence-corrected chi connectivity index (χ0v) is 12.9. The number of amides is 1. The van der Waals surface area contributed by atoms with Crippen molar-refractivity contribution in [3.05, 3.63) is 53.6 Å². The third-order valence-electron chi connectivity index (χ3n) is 3.15. The number of ether oxygens (including phenoxy) is 1. The number of nitrogens with one attached hydrogen (secondary N) is 1.